The van der Waals surface area contributed by atoms with Crippen LogP contribution in [0.5, 0.6) is 0 Å². The average molecular weight is 269 g/mol. The van der Waals surface area contributed by atoms with Crippen LogP contribution in [0.4, 0.5) is 0 Å². The first kappa shape index (κ1) is 17.0. The third kappa shape index (κ3) is 9.69. The lowest BCUT2D eigenvalue weighted by molar-refractivity contribution is -0.139. The number of carboxylic acid groups (broad SMARTS) is 2. The first-order chi connectivity index (χ1) is 8.97. The minimum atomic E-state index is -1.17. The highest BCUT2D eigenvalue weighted by atomic mass is 16.4. The molecule has 0 fully saturated rings. The van der Waals surface area contributed by atoms with Gasteiger partial charge >= 0.3 is 11.9 Å². The summed E-state index contributed by atoms with van der Waals surface area (Å²) in [6, 6.07) is 4.79. The van der Waals surface area contributed by atoms with E-state index in [1.165, 1.54) is 0 Å². The van der Waals surface area contributed by atoms with E-state index in [-0.39, 0.29) is 12.8 Å². The molecule has 0 bridgehead atoms. The lowest BCUT2D eigenvalue weighted by Crippen LogP contribution is -2.30. The predicted molar refractivity (Wildman–Crippen MR) is 69.5 cm³/mol. The maximum atomic E-state index is 9.99. The van der Waals surface area contributed by atoms with Gasteiger partial charge in [0.15, 0.2) is 0 Å². The summed E-state index contributed by atoms with van der Waals surface area (Å²) in [5.41, 5.74) is 11.4. The van der Waals surface area contributed by atoms with Crippen molar-refractivity contribution in [2.75, 3.05) is 6.54 Å². The molecule has 1 unspecified atom stereocenters. The summed E-state index contributed by atoms with van der Waals surface area (Å²) in [5.74, 6) is -2.20. The molecule has 0 amide bonds. The molecule has 0 saturated heterocycles. The lowest BCUT2D eigenvalue weighted by atomic mass is 10.2. The van der Waals surface area contributed by atoms with Crippen LogP contribution in [0.3, 0.4) is 0 Å². The van der Waals surface area contributed by atoms with Gasteiger partial charge in [-0.3, -0.25) is 14.6 Å². The highest BCUT2D eigenvalue weighted by Gasteiger charge is 2.12. The molecule has 0 aliphatic carbocycles. The summed E-state index contributed by atoms with van der Waals surface area (Å²) in [6.07, 6.45) is 2.43. The number of aromatic nitrogens is 1. The highest BCUT2D eigenvalue weighted by Crippen LogP contribution is 1.93. The zero-order valence-corrected chi connectivity index (χ0v) is 10.5. The van der Waals surface area contributed by atoms with Gasteiger partial charge in [-0.25, -0.2) is 0 Å². The van der Waals surface area contributed by atoms with Crippen LogP contribution in [0, 0.1) is 0 Å². The Bertz CT molecular complexity index is 384. The smallest absolute Gasteiger partial charge is 0.320 e. The van der Waals surface area contributed by atoms with Crippen LogP contribution < -0.4 is 11.5 Å². The van der Waals surface area contributed by atoms with E-state index in [9.17, 15) is 9.59 Å². The van der Waals surface area contributed by atoms with Crippen LogP contribution >= 0.6 is 0 Å². The normalized spacial score (nSPS) is 11.1. The van der Waals surface area contributed by atoms with Crippen molar-refractivity contribution in [1.82, 2.24) is 4.98 Å². The molecule has 0 aliphatic heterocycles. The number of nitrogens with two attached hydrogens (primary N) is 2. The Morgan fingerprint density at radius 3 is 2.42 bits per heavy atom. The molecule has 0 saturated carbocycles. The van der Waals surface area contributed by atoms with Gasteiger partial charge in [-0.05, 0) is 25.1 Å². The third-order valence-electron chi connectivity index (χ3n) is 2.11. The van der Waals surface area contributed by atoms with Crippen LogP contribution in [0.1, 0.15) is 18.5 Å². The van der Waals surface area contributed by atoms with Crippen LogP contribution in [-0.4, -0.2) is 39.7 Å². The number of nitrogens with zero attached hydrogens (tertiary/aromatic N) is 1. The number of carbonyl (C=O) groups is 2. The Morgan fingerprint density at radius 2 is 2.00 bits per heavy atom. The number of rotatable bonds is 6. The minimum Gasteiger partial charge on any atom is -0.481 e. The quantitative estimate of drug-likeness (QED) is 0.562. The second-order valence-electron chi connectivity index (χ2n) is 3.74. The largest absolute Gasteiger partial charge is 0.481 e. The molecule has 1 aromatic heterocycles. The van der Waals surface area contributed by atoms with E-state index >= 15 is 0 Å². The van der Waals surface area contributed by atoms with Crippen LogP contribution in [0.25, 0.3) is 0 Å². The topological polar surface area (TPSA) is 140 Å². The van der Waals surface area contributed by atoms with Crippen molar-refractivity contribution in [1.29, 1.82) is 0 Å². The van der Waals surface area contributed by atoms with Gasteiger partial charge in [-0.1, -0.05) is 6.07 Å². The molecular formula is C12H19N3O4. The van der Waals surface area contributed by atoms with Crippen molar-refractivity contribution in [3.05, 3.63) is 30.1 Å². The second-order valence-corrected chi connectivity index (χ2v) is 3.74. The first-order valence-electron chi connectivity index (χ1n) is 5.77. The fourth-order valence-corrected chi connectivity index (χ4v) is 1.10. The Hall–Kier alpha value is -1.99. The van der Waals surface area contributed by atoms with Crippen LogP contribution in [-0.2, 0) is 16.0 Å². The Kier molecular flexibility index (Phi) is 8.94. The van der Waals surface area contributed by atoms with Crippen molar-refractivity contribution in [3.63, 3.8) is 0 Å². The Morgan fingerprint density at radius 1 is 1.32 bits per heavy atom. The van der Waals surface area contributed by atoms with Gasteiger partial charge in [-0.15, -0.1) is 0 Å². The summed E-state index contributed by atoms with van der Waals surface area (Å²) < 4.78 is 0. The summed E-state index contributed by atoms with van der Waals surface area (Å²) in [4.78, 5) is 24.0. The number of aliphatic carboxylic acids is 2. The molecule has 7 heteroatoms. The van der Waals surface area contributed by atoms with Gasteiger partial charge in [0.25, 0.3) is 0 Å². The van der Waals surface area contributed by atoms with Gasteiger partial charge in [-0.2, -0.15) is 0 Å². The summed E-state index contributed by atoms with van der Waals surface area (Å²) in [6.45, 7) is 0.678. The zero-order chi connectivity index (χ0) is 14.7. The number of hydrogen-bond acceptors (Lipinski definition) is 5. The molecule has 0 aliphatic rings. The average Bonchev–Trinajstić information content (AvgIpc) is 2.38. The van der Waals surface area contributed by atoms with Crippen molar-refractivity contribution >= 4 is 11.9 Å². The van der Waals surface area contributed by atoms with Gasteiger partial charge < -0.3 is 21.7 Å². The fraction of sp³-hybridized carbons (Fsp3) is 0.417. The standard InChI is InChI=1S/C7H10N2.C5H9NO4/c8-5-4-7-3-1-2-6-9-7;6-3(5(9)10)1-2-4(7)8/h1-3,6H,4-5,8H2;3H,1-2,6H2,(H,7,8)(H,9,10). The van der Waals surface area contributed by atoms with Crippen molar-refractivity contribution in [2.24, 2.45) is 11.5 Å². The van der Waals surface area contributed by atoms with Crippen LogP contribution in [0.15, 0.2) is 24.4 Å². The molecule has 6 N–H and O–H groups in total. The van der Waals surface area contributed by atoms with Crippen molar-refractivity contribution in [2.45, 2.75) is 25.3 Å². The second kappa shape index (κ2) is 9.98. The van der Waals surface area contributed by atoms with Gasteiger partial charge in [0.05, 0.1) is 0 Å². The molecular weight excluding hydrogens is 250 g/mol. The van der Waals surface area contributed by atoms with Crippen molar-refractivity contribution in [3.8, 4) is 0 Å². The minimum absolute atomic E-state index is 0.0231. The summed E-state index contributed by atoms with van der Waals surface area (Å²) in [7, 11) is 0. The van der Waals surface area contributed by atoms with E-state index in [1.807, 2.05) is 18.2 Å². The molecule has 7 nitrogen and oxygen atoms in total. The molecule has 1 atom stereocenters. The van der Waals surface area contributed by atoms with E-state index in [1.54, 1.807) is 6.20 Å². The van der Waals surface area contributed by atoms with E-state index in [2.05, 4.69) is 4.98 Å². The molecule has 0 aromatic carbocycles. The number of hydrogen-bond donors (Lipinski definition) is 4. The van der Waals surface area contributed by atoms with Gasteiger partial charge in [0.2, 0.25) is 0 Å². The maximum Gasteiger partial charge on any atom is 0.320 e. The van der Waals surface area contributed by atoms with Gasteiger partial charge in [0.1, 0.15) is 6.04 Å². The fourth-order valence-electron chi connectivity index (χ4n) is 1.10. The highest BCUT2D eigenvalue weighted by molar-refractivity contribution is 5.74. The van der Waals surface area contributed by atoms with E-state index < -0.39 is 18.0 Å². The molecule has 1 aromatic rings. The van der Waals surface area contributed by atoms with E-state index in [0.29, 0.717) is 6.54 Å². The SMILES string of the molecule is NC(CCC(=O)O)C(=O)O.NCCc1ccccn1. The zero-order valence-electron chi connectivity index (χ0n) is 10.5. The molecule has 1 heterocycles. The molecule has 0 spiro atoms. The number of carboxylic acids is 2. The molecule has 106 valence electrons. The maximum absolute atomic E-state index is 9.99. The van der Waals surface area contributed by atoms with Gasteiger partial charge in [0, 0.05) is 24.7 Å². The molecule has 19 heavy (non-hydrogen) atoms. The van der Waals surface area contributed by atoms with E-state index in [4.69, 9.17) is 21.7 Å². The monoisotopic (exact) mass is 269 g/mol. The Balaban J connectivity index is 0.000000342. The number of pyridine rings is 1. The third-order valence-corrected chi connectivity index (χ3v) is 2.11. The van der Waals surface area contributed by atoms with E-state index in [0.717, 1.165) is 12.1 Å². The molecule has 0 radical (unpaired) electrons. The van der Waals surface area contributed by atoms with Crippen molar-refractivity contribution < 1.29 is 19.8 Å². The lowest BCUT2D eigenvalue weighted by Gasteiger charge is -2.01. The first-order valence-corrected chi connectivity index (χ1v) is 5.77. The predicted octanol–water partition coefficient (Wildman–Crippen LogP) is -0.154. The summed E-state index contributed by atoms with van der Waals surface area (Å²) >= 11 is 0. The molecule has 1 rings (SSSR count). The Labute approximate surface area is 111 Å². The van der Waals surface area contributed by atoms with Crippen LogP contribution in [0.2, 0.25) is 0 Å². The summed E-state index contributed by atoms with van der Waals surface area (Å²) in [5, 5.41) is 16.3.